The molecule has 1 spiro atoms. The second kappa shape index (κ2) is 6.93. The van der Waals surface area contributed by atoms with E-state index < -0.39 is 0 Å². The van der Waals surface area contributed by atoms with Gasteiger partial charge in [-0.2, -0.15) is 0 Å². The predicted molar refractivity (Wildman–Crippen MR) is 79.1 cm³/mol. The summed E-state index contributed by atoms with van der Waals surface area (Å²) in [5.74, 6) is 0. The Hall–Kier alpha value is -0.0500. The molecule has 2 rings (SSSR count). The lowest BCUT2D eigenvalue weighted by Crippen LogP contribution is -2.64. The van der Waals surface area contributed by atoms with Gasteiger partial charge in [0.1, 0.15) is 0 Å². The largest absolute Gasteiger partial charge is 0.308 e. The van der Waals surface area contributed by atoms with Crippen molar-refractivity contribution in [1.29, 1.82) is 0 Å². The van der Waals surface area contributed by atoms with E-state index in [0.29, 0.717) is 11.6 Å². The lowest BCUT2D eigenvalue weighted by Gasteiger charge is -2.49. The van der Waals surface area contributed by atoms with Crippen LogP contribution in [0, 0.1) is 0 Å². The molecule has 2 fully saturated rings. The van der Waals surface area contributed by atoms with Crippen LogP contribution in [0.15, 0.2) is 11.6 Å². The number of halogens is 1. The highest BCUT2D eigenvalue weighted by atomic mass is 35.5. The standard InChI is InChI=1S/C15H27ClN2/c1-2-7-14-12-17-15(8-4-3-5-9-15)13-18(14)11-6-10-16/h6,10,14,17H,2-5,7-9,11-13H2,1H3/b10-6+. The van der Waals surface area contributed by atoms with E-state index in [0.717, 1.165) is 13.1 Å². The van der Waals surface area contributed by atoms with Gasteiger partial charge in [0.25, 0.3) is 0 Å². The van der Waals surface area contributed by atoms with Gasteiger partial charge in [-0.05, 0) is 19.3 Å². The van der Waals surface area contributed by atoms with Gasteiger partial charge in [-0.3, -0.25) is 4.90 Å². The molecule has 0 amide bonds. The maximum absolute atomic E-state index is 5.70. The Morgan fingerprint density at radius 3 is 2.78 bits per heavy atom. The van der Waals surface area contributed by atoms with E-state index in [9.17, 15) is 0 Å². The summed E-state index contributed by atoms with van der Waals surface area (Å²) in [6, 6.07) is 0.690. The van der Waals surface area contributed by atoms with Crippen molar-refractivity contribution < 1.29 is 0 Å². The lowest BCUT2D eigenvalue weighted by atomic mass is 9.79. The van der Waals surface area contributed by atoms with Crippen LogP contribution in [0.1, 0.15) is 51.9 Å². The Kier molecular flexibility index (Phi) is 5.53. The zero-order valence-electron chi connectivity index (χ0n) is 11.6. The van der Waals surface area contributed by atoms with E-state index in [1.54, 1.807) is 5.54 Å². The van der Waals surface area contributed by atoms with Crippen molar-refractivity contribution in [3.63, 3.8) is 0 Å². The van der Waals surface area contributed by atoms with Gasteiger partial charge >= 0.3 is 0 Å². The molecule has 1 N–H and O–H groups in total. The SMILES string of the molecule is CCCC1CNC2(CCCCC2)CN1C/C=C/Cl. The first-order valence-corrected chi connectivity index (χ1v) is 7.97. The van der Waals surface area contributed by atoms with Crippen molar-refractivity contribution in [2.75, 3.05) is 19.6 Å². The first-order chi connectivity index (χ1) is 8.79. The Labute approximate surface area is 117 Å². The third kappa shape index (κ3) is 3.49. The molecular formula is C15H27ClN2. The lowest BCUT2D eigenvalue weighted by molar-refractivity contribution is 0.0606. The molecule has 1 unspecified atom stereocenters. The second-order valence-corrected chi connectivity index (χ2v) is 6.21. The molecule has 3 heteroatoms. The summed E-state index contributed by atoms with van der Waals surface area (Å²) in [5.41, 5.74) is 2.07. The van der Waals surface area contributed by atoms with Crippen LogP contribution in [-0.4, -0.2) is 36.1 Å². The minimum Gasteiger partial charge on any atom is -0.308 e. The highest BCUT2D eigenvalue weighted by Gasteiger charge is 2.38. The fraction of sp³-hybridized carbons (Fsp3) is 0.867. The fourth-order valence-corrected chi connectivity index (χ4v) is 3.69. The van der Waals surface area contributed by atoms with Gasteiger partial charge in [0.2, 0.25) is 0 Å². The van der Waals surface area contributed by atoms with Gasteiger partial charge in [-0.15, -0.1) is 0 Å². The molecule has 0 aromatic rings. The minimum atomic E-state index is 0.405. The summed E-state index contributed by atoms with van der Waals surface area (Å²) in [6.07, 6.45) is 11.6. The van der Waals surface area contributed by atoms with E-state index >= 15 is 0 Å². The summed E-state index contributed by atoms with van der Waals surface area (Å²) < 4.78 is 0. The van der Waals surface area contributed by atoms with Gasteiger partial charge in [0, 0.05) is 36.8 Å². The van der Waals surface area contributed by atoms with Gasteiger partial charge in [0.15, 0.2) is 0 Å². The average molecular weight is 271 g/mol. The summed E-state index contributed by atoms with van der Waals surface area (Å²) in [5, 5.41) is 3.88. The zero-order valence-corrected chi connectivity index (χ0v) is 12.4. The molecular weight excluding hydrogens is 244 g/mol. The molecule has 0 aromatic heterocycles. The Bertz CT molecular complexity index is 272. The van der Waals surface area contributed by atoms with E-state index in [4.69, 9.17) is 11.6 Å². The number of hydrogen-bond donors (Lipinski definition) is 1. The fourth-order valence-electron chi connectivity index (χ4n) is 3.61. The highest BCUT2D eigenvalue weighted by Crippen LogP contribution is 2.32. The Morgan fingerprint density at radius 2 is 2.11 bits per heavy atom. The van der Waals surface area contributed by atoms with E-state index in [2.05, 4.69) is 23.2 Å². The van der Waals surface area contributed by atoms with Crippen LogP contribution >= 0.6 is 11.6 Å². The minimum absolute atomic E-state index is 0.405. The summed E-state index contributed by atoms with van der Waals surface area (Å²) in [6.45, 7) is 5.65. The molecule has 1 heterocycles. The first kappa shape index (κ1) is 14.4. The van der Waals surface area contributed by atoms with Crippen LogP contribution in [0.5, 0.6) is 0 Å². The molecule has 104 valence electrons. The number of hydrogen-bond acceptors (Lipinski definition) is 2. The van der Waals surface area contributed by atoms with E-state index in [-0.39, 0.29) is 0 Å². The molecule has 1 saturated carbocycles. The third-order valence-corrected chi connectivity index (χ3v) is 4.77. The quantitative estimate of drug-likeness (QED) is 0.841. The van der Waals surface area contributed by atoms with Crippen molar-refractivity contribution >= 4 is 11.6 Å². The van der Waals surface area contributed by atoms with E-state index in [1.165, 1.54) is 51.5 Å². The number of piperazine rings is 1. The molecule has 0 aromatic carbocycles. The maximum atomic E-state index is 5.70. The first-order valence-electron chi connectivity index (χ1n) is 7.54. The van der Waals surface area contributed by atoms with Crippen LogP contribution in [0.2, 0.25) is 0 Å². The summed E-state index contributed by atoms with van der Waals surface area (Å²) >= 11 is 5.70. The smallest absolute Gasteiger partial charge is 0.0309 e. The maximum Gasteiger partial charge on any atom is 0.0309 e. The van der Waals surface area contributed by atoms with E-state index in [1.807, 2.05) is 0 Å². The molecule has 0 radical (unpaired) electrons. The number of nitrogens with zero attached hydrogens (tertiary/aromatic N) is 1. The van der Waals surface area contributed by atoms with Gasteiger partial charge < -0.3 is 5.32 Å². The normalized spacial score (nSPS) is 29.1. The van der Waals surface area contributed by atoms with Crippen LogP contribution in [0.25, 0.3) is 0 Å². The molecule has 18 heavy (non-hydrogen) atoms. The zero-order chi connectivity index (χ0) is 12.8. The average Bonchev–Trinajstić information content (AvgIpc) is 2.40. The van der Waals surface area contributed by atoms with Crippen LogP contribution in [0.4, 0.5) is 0 Å². The second-order valence-electron chi connectivity index (χ2n) is 5.96. The van der Waals surface area contributed by atoms with Crippen molar-refractivity contribution in [1.82, 2.24) is 10.2 Å². The third-order valence-electron chi connectivity index (χ3n) is 4.60. The monoisotopic (exact) mass is 270 g/mol. The number of rotatable bonds is 4. The molecule has 2 nitrogen and oxygen atoms in total. The molecule has 1 aliphatic carbocycles. The summed E-state index contributed by atoms with van der Waals surface area (Å²) in [4.78, 5) is 2.64. The van der Waals surface area contributed by atoms with Crippen molar-refractivity contribution in [3.8, 4) is 0 Å². The Balaban J connectivity index is 1.99. The molecule has 1 atom stereocenters. The van der Waals surface area contributed by atoms with Crippen molar-refractivity contribution in [2.45, 2.75) is 63.5 Å². The van der Waals surface area contributed by atoms with Gasteiger partial charge in [-0.25, -0.2) is 0 Å². The number of nitrogens with one attached hydrogen (secondary N) is 1. The predicted octanol–water partition coefficient (Wildman–Crippen LogP) is 3.52. The van der Waals surface area contributed by atoms with Crippen molar-refractivity contribution in [3.05, 3.63) is 11.6 Å². The molecule has 2 aliphatic rings. The molecule has 0 bridgehead atoms. The van der Waals surface area contributed by atoms with Crippen LogP contribution < -0.4 is 5.32 Å². The molecule has 1 aliphatic heterocycles. The van der Waals surface area contributed by atoms with Crippen LogP contribution in [0.3, 0.4) is 0 Å². The Morgan fingerprint density at radius 1 is 1.33 bits per heavy atom. The summed E-state index contributed by atoms with van der Waals surface area (Å²) in [7, 11) is 0. The van der Waals surface area contributed by atoms with Gasteiger partial charge in [0.05, 0.1) is 0 Å². The molecule has 1 saturated heterocycles. The van der Waals surface area contributed by atoms with Crippen molar-refractivity contribution in [2.24, 2.45) is 0 Å². The van der Waals surface area contributed by atoms with Gasteiger partial charge in [-0.1, -0.05) is 50.3 Å². The highest BCUT2D eigenvalue weighted by molar-refractivity contribution is 6.25. The topological polar surface area (TPSA) is 15.3 Å². The van der Waals surface area contributed by atoms with Crippen LogP contribution in [-0.2, 0) is 0 Å².